The van der Waals surface area contributed by atoms with Crippen molar-refractivity contribution in [2.75, 3.05) is 0 Å². The molecule has 0 atom stereocenters. The summed E-state index contributed by atoms with van der Waals surface area (Å²) in [4.78, 5) is 19.4. The Morgan fingerprint density at radius 1 is 1.50 bits per heavy atom. The average molecular weight is 208 g/mol. The van der Waals surface area contributed by atoms with Gasteiger partial charge in [0.15, 0.2) is 5.82 Å². The van der Waals surface area contributed by atoms with E-state index in [4.69, 9.17) is 5.11 Å². The molecule has 0 saturated heterocycles. The molecule has 4 nitrogen and oxygen atoms in total. The highest BCUT2D eigenvalue weighted by Crippen LogP contribution is 2.24. The van der Waals surface area contributed by atoms with Crippen molar-refractivity contribution in [3.63, 3.8) is 0 Å². The van der Waals surface area contributed by atoms with E-state index in [1.807, 2.05) is 19.1 Å². The lowest BCUT2D eigenvalue weighted by Gasteiger charge is -1.96. The molecule has 0 saturated carbocycles. The summed E-state index contributed by atoms with van der Waals surface area (Å²) in [6, 6.07) is 4.84. The minimum Gasteiger partial charge on any atom is -0.493 e. The highest BCUT2D eigenvalue weighted by Gasteiger charge is 2.04. The highest BCUT2D eigenvalue weighted by molar-refractivity contribution is 7.15. The van der Waals surface area contributed by atoms with Crippen molar-refractivity contribution in [2.24, 2.45) is 0 Å². The summed E-state index contributed by atoms with van der Waals surface area (Å²) in [6.07, 6.45) is 0. The molecule has 0 amide bonds. The molecule has 0 radical (unpaired) electrons. The quantitative estimate of drug-likeness (QED) is 0.746. The lowest BCUT2D eigenvalue weighted by Crippen LogP contribution is -2.05. The lowest BCUT2D eigenvalue weighted by atomic mass is 10.4. The van der Waals surface area contributed by atoms with Crippen molar-refractivity contribution in [1.29, 1.82) is 0 Å². The summed E-state index contributed by atoms with van der Waals surface area (Å²) < 4.78 is 0. The number of H-pyrrole nitrogens is 1. The molecule has 2 rings (SSSR count). The van der Waals surface area contributed by atoms with E-state index < -0.39 is 0 Å². The fourth-order valence-electron chi connectivity index (χ4n) is 1.12. The van der Waals surface area contributed by atoms with Gasteiger partial charge in [0.2, 0.25) is 5.88 Å². The number of hydrogen-bond donors (Lipinski definition) is 2. The molecule has 0 spiro atoms. The van der Waals surface area contributed by atoms with Gasteiger partial charge in [0.25, 0.3) is 5.56 Å². The fraction of sp³-hybridized carbons (Fsp3) is 0.111. The molecule has 2 N–H and O–H groups in total. The van der Waals surface area contributed by atoms with E-state index in [9.17, 15) is 4.79 Å². The molecule has 0 aliphatic rings. The number of aromatic amines is 1. The molecule has 5 heteroatoms. The molecule has 0 fully saturated rings. The third kappa shape index (κ3) is 1.67. The second kappa shape index (κ2) is 3.26. The molecular weight excluding hydrogens is 200 g/mol. The topological polar surface area (TPSA) is 66.0 Å². The predicted molar refractivity (Wildman–Crippen MR) is 54.6 cm³/mol. The molecule has 2 aromatic heterocycles. The second-order valence-electron chi connectivity index (χ2n) is 2.86. The molecule has 14 heavy (non-hydrogen) atoms. The third-order valence-corrected chi connectivity index (χ3v) is 2.71. The molecule has 0 aliphatic carbocycles. The third-order valence-electron chi connectivity index (χ3n) is 1.70. The normalized spacial score (nSPS) is 10.4. The molecule has 2 heterocycles. The Labute approximate surface area is 83.9 Å². The van der Waals surface area contributed by atoms with Gasteiger partial charge in [0, 0.05) is 4.88 Å². The SMILES string of the molecule is Cc1ccc(-c2nc(O)cc(=O)[nH]2)s1. The second-order valence-corrected chi connectivity index (χ2v) is 4.15. The minimum atomic E-state index is -0.349. The van der Waals surface area contributed by atoms with Crippen molar-refractivity contribution in [1.82, 2.24) is 9.97 Å². The summed E-state index contributed by atoms with van der Waals surface area (Å²) in [5, 5.41) is 9.14. The van der Waals surface area contributed by atoms with E-state index >= 15 is 0 Å². The maximum absolute atomic E-state index is 11.0. The molecular formula is C9H8N2O2S. The van der Waals surface area contributed by atoms with Crippen LogP contribution in [0.2, 0.25) is 0 Å². The molecule has 0 unspecified atom stereocenters. The Bertz CT molecular complexity index is 516. The number of aromatic nitrogens is 2. The van der Waals surface area contributed by atoms with Crippen LogP contribution < -0.4 is 5.56 Å². The summed E-state index contributed by atoms with van der Waals surface area (Å²) in [6.45, 7) is 1.97. The Balaban J connectivity index is 2.56. The van der Waals surface area contributed by atoms with Crippen molar-refractivity contribution in [3.8, 4) is 16.6 Å². The summed E-state index contributed by atoms with van der Waals surface area (Å²) in [5.41, 5.74) is -0.349. The first kappa shape index (κ1) is 8.96. The smallest absolute Gasteiger partial charge is 0.254 e. The number of rotatable bonds is 1. The molecule has 0 aromatic carbocycles. The van der Waals surface area contributed by atoms with E-state index in [1.54, 1.807) is 0 Å². The highest BCUT2D eigenvalue weighted by atomic mass is 32.1. The summed E-state index contributed by atoms with van der Waals surface area (Å²) in [5.74, 6) is 0.155. The van der Waals surface area contributed by atoms with Crippen LogP contribution in [-0.2, 0) is 0 Å². The van der Waals surface area contributed by atoms with Crippen molar-refractivity contribution in [3.05, 3.63) is 33.4 Å². The molecule has 0 bridgehead atoms. The first-order valence-corrected chi connectivity index (χ1v) is 4.84. The zero-order chi connectivity index (χ0) is 10.1. The summed E-state index contributed by atoms with van der Waals surface area (Å²) >= 11 is 1.51. The largest absolute Gasteiger partial charge is 0.493 e. The van der Waals surface area contributed by atoms with Gasteiger partial charge in [-0.2, -0.15) is 4.98 Å². The zero-order valence-corrected chi connectivity index (χ0v) is 8.26. The maximum Gasteiger partial charge on any atom is 0.254 e. The lowest BCUT2D eigenvalue weighted by molar-refractivity contribution is 0.452. The van der Waals surface area contributed by atoms with Gasteiger partial charge < -0.3 is 10.1 Å². The van der Waals surface area contributed by atoms with E-state index in [2.05, 4.69) is 9.97 Å². The van der Waals surface area contributed by atoms with Crippen LogP contribution in [0.4, 0.5) is 0 Å². The van der Waals surface area contributed by atoms with Crippen LogP contribution in [0.1, 0.15) is 4.88 Å². The number of aryl methyl sites for hydroxylation is 1. The van der Waals surface area contributed by atoms with Crippen LogP contribution in [0.5, 0.6) is 5.88 Å². The Morgan fingerprint density at radius 2 is 2.29 bits per heavy atom. The number of nitrogens with zero attached hydrogens (tertiary/aromatic N) is 1. The standard InChI is InChI=1S/C9H8N2O2S/c1-5-2-3-6(14-5)9-10-7(12)4-8(13)11-9/h2-4H,1H3,(H2,10,11,12,13). The number of hydrogen-bond acceptors (Lipinski definition) is 4. The zero-order valence-electron chi connectivity index (χ0n) is 7.44. The molecule has 0 aliphatic heterocycles. The van der Waals surface area contributed by atoms with Gasteiger partial charge in [-0.25, -0.2) is 0 Å². The van der Waals surface area contributed by atoms with Crippen molar-refractivity contribution >= 4 is 11.3 Å². The Kier molecular flexibility index (Phi) is 2.09. The Morgan fingerprint density at radius 3 is 2.86 bits per heavy atom. The van der Waals surface area contributed by atoms with Gasteiger partial charge in [0.05, 0.1) is 10.9 Å². The van der Waals surface area contributed by atoms with Crippen LogP contribution in [0.25, 0.3) is 10.7 Å². The van der Waals surface area contributed by atoms with Gasteiger partial charge in [-0.15, -0.1) is 11.3 Å². The first-order valence-electron chi connectivity index (χ1n) is 4.02. The maximum atomic E-state index is 11.0. The van der Waals surface area contributed by atoms with Crippen LogP contribution in [-0.4, -0.2) is 15.1 Å². The van der Waals surface area contributed by atoms with Gasteiger partial charge in [-0.3, -0.25) is 4.79 Å². The number of aromatic hydroxyl groups is 1. The minimum absolute atomic E-state index is 0.255. The van der Waals surface area contributed by atoms with E-state index in [-0.39, 0.29) is 11.4 Å². The van der Waals surface area contributed by atoms with Gasteiger partial charge in [-0.05, 0) is 19.1 Å². The van der Waals surface area contributed by atoms with Gasteiger partial charge >= 0.3 is 0 Å². The Hall–Kier alpha value is -1.62. The monoisotopic (exact) mass is 208 g/mol. The summed E-state index contributed by atoms with van der Waals surface area (Å²) in [7, 11) is 0. The number of thiophene rings is 1. The van der Waals surface area contributed by atoms with Crippen molar-refractivity contribution in [2.45, 2.75) is 6.92 Å². The van der Waals surface area contributed by atoms with Crippen LogP contribution >= 0.6 is 11.3 Å². The van der Waals surface area contributed by atoms with Crippen LogP contribution in [0.15, 0.2) is 23.0 Å². The van der Waals surface area contributed by atoms with E-state index in [0.29, 0.717) is 5.82 Å². The fourth-order valence-corrected chi connectivity index (χ4v) is 1.94. The van der Waals surface area contributed by atoms with Crippen molar-refractivity contribution < 1.29 is 5.11 Å². The van der Waals surface area contributed by atoms with Gasteiger partial charge in [-0.1, -0.05) is 0 Å². The van der Waals surface area contributed by atoms with Crippen LogP contribution in [0.3, 0.4) is 0 Å². The van der Waals surface area contributed by atoms with Crippen LogP contribution in [0, 0.1) is 6.92 Å². The number of nitrogens with one attached hydrogen (secondary N) is 1. The first-order chi connectivity index (χ1) is 6.65. The molecule has 72 valence electrons. The average Bonchev–Trinajstić information content (AvgIpc) is 2.50. The molecule has 2 aromatic rings. The van der Waals surface area contributed by atoms with E-state index in [0.717, 1.165) is 15.8 Å². The van der Waals surface area contributed by atoms with Gasteiger partial charge in [0.1, 0.15) is 0 Å². The predicted octanol–water partition coefficient (Wildman–Crippen LogP) is 1.51. The van der Waals surface area contributed by atoms with E-state index in [1.165, 1.54) is 11.3 Å².